The lowest BCUT2D eigenvalue weighted by Crippen LogP contribution is -2.10. The van der Waals surface area contributed by atoms with Gasteiger partial charge in [0.1, 0.15) is 0 Å². The number of carbonyl (C=O) groups is 1. The number of nitriles is 1. The SMILES string of the molecule is N#Cc1ccccc1-c1ccc(C(N)=O)cc1. The van der Waals surface area contributed by atoms with Gasteiger partial charge in [0.2, 0.25) is 5.91 Å². The zero-order valence-corrected chi connectivity index (χ0v) is 9.05. The van der Waals surface area contributed by atoms with Gasteiger partial charge in [-0.3, -0.25) is 4.79 Å². The van der Waals surface area contributed by atoms with E-state index in [9.17, 15) is 4.79 Å². The molecule has 0 radical (unpaired) electrons. The summed E-state index contributed by atoms with van der Waals surface area (Å²) >= 11 is 0. The molecule has 2 rings (SSSR count). The van der Waals surface area contributed by atoms with Gasteiger partial charge in [0, 0.05) is 5.56 Å². The lowest BCUT2D eigenvalue weighted by Gasteiger charge is -2.04. The highest BCUT2D eigenvalue weighted by Gasteiger charge is 2.05. The highest BCUT2D eigenvalue weighted by atomic mass is 16.1. The molecule has 0 aliphatic heterocycles. The van der Waals surface area contributed by atoms with Crippen molar-refractivity contribution >= 4 is 5.91 Å². The molecular weight excluding hydrogens is 212 g/mol. The van der Waals surface area contributed by atoms with Gasteiger partial charge in [0.25, 0.3) is 0 Å². The maximum Gasteiger partial charge on any atom is 0.248 e. The van der Waals surface area contributed by atoms with Gasteiger partial charge in [0.05, 0.1) is 11.6 Å². The Kier molecular flexibility index (Phi) is 2.89. The van der Waals surface area contributed by atoms with Crippen LogP contribution in [0.25, 0.3) is 11.1 Å². The van der Waals surface area contributed by atoms with Crippen LogP contribution in [0, 0.1) is 11.3 Å². The molecule has 0 atom stereocenters. The van der Waals surface area contributed by atoms with Crippen molar-refractivity contribution in [3.8, 4) is 17.2 Å². The Morgan fingerprint density at radius 1 is 1.06 bits per heavy atom. The average molecular weight is 222 g/mol. The molecule has 0 unspecified atom stereocenters. The van der Waals surface area contributed by atoms with Crippen LogP contribution >= 0.6 is 0 Å². The first-order valence-electron chi connectivity index (χ1n) is 5.12. The van der Waals surface area contributed by atoms with Crippen molar-refractivity contribution in [2.45, 2.75) is 0 Å². The molecule has 0 saturated carbocycles. The number of amides is 1. The average Bonchev–Trinajstić information content (AvgIpc) is 2.39. The summed E-state index contributed by atoms with van der Waals surface area (Å²) in [6.07, 6.45) is 0. The van der Waals surface area contributed by atoms with Gasteiger partial charge in [-0.1, -0.05) is 30.3 Å². The van der Waals surface area contributed by atoms with Gasteiger partial charge < -0.3 is 5.73 Å². The summed E-state index contributed by atoms with van der Waals surface area (Å²) in [5.74, 6) is -0.454. The molecule has 0 bridgehead atoms. The number of rotatable bonds is 2. The first-order valence-corrected chi connectivity index (χ1v) is 5.12. The van der Waals surface area contributed by atoms with Crippen molar-refractivity contribution in [3.05, 3.63) is 59.7 Å². The highest BCUT2D eigenvalue weighted by Crippen LogP contribution is 2.23. The van der Waals surface area contributed by atoms with Crippen LogP contribution in [-0.4, -0.2) is 5.91 Å². The van der Waals surface area contributed by atoms with E-state index in [4.69, 9.17) is 11.0 Å². The Balaban J connectivity index is 2.47. The van der Waals surface area contributed by atoms with Gasteiger partial charge in [0.15, 0.2) is 0 Å². The first kappa shape index (κ1) is 10.9. The molecule has 0 saturated heterocycles. The third-order valence-corrected chi connectivity index (χ3v) is 2.53. The molecule has 0 aliphatic rings. The molecule has 2 aromatic carbocycles. The quantitative estimate of drug-likeness (QED) is 0.847. The van der Waals surface area contributed by atoms with Gasteiger partial charge in [-0.15, -0.1) is 0 Å². The Morgan fingerprint density at radius 2 is 1.71 bits per heavy atom. The van der Waals surface area contributed by atoms with E-state index in [1.165, 1.54) is 0 Å². The van der Waals surface area contributed by atoms with Gasteiger partial charge >= 0.3 is 0 Å². The molecule has 2 aromatic rings. The Labute approximate surface area is 99.1 Å². The summed E-state index contributed by atoms with van der Waals surface area (Å²) in [6, 6.07) is 16.4. The molecule has 3 heteroatoms. The predicted molar refractivity (Wildman–Crippen MR) is 65.1 cm³/mol. The number of primary amides is 1. The molecule has 3 nitrogen and oxygen atoms in total. The normalized spacial score (nSPS) is 9.59. The van der Waals surface area contributed by atoms with E-state index in [0.717, 1.165) is 11.1 Å². The number of carbonyl (C=O) groups excluding carboxylic acids is 1. The second kappa shape index (κ2) is 4.50. The molecular formula is C14H10N2O. The number of hydrogen-bond donors (Lipinski definition) is 1. The van der Waals surface area contributed by atoms with E-state index >= 15 is 0 Å². The van der Waals surface area contributed by atoms with Crippen LogP contribution in [0.3, 0.4) is 0 Å². The van der Waals surface area contributed by atoms with Crippen LogP contribution in [-0.2, 0) is 0 Å². The Bertz CT molecular complexity index is 594. The van der Waals surface area contributed by atoms with E-state index in [-0.39, 0.29) is 0 Å². The largest absolute Gasteiger partial charge is 0.366 e. The van der Waals surface area contributed by atoms with Gasteiger partial charge in [-0.2, -0.15) is 5.26 Å². The number of benzene rings is 2. The fourth-order valence-corrected chi connectivity index (χ4v) is 1.65. The van der Waals surface area contributed by atoms with E-state index in [0.29, 0.717) is 11.1 Å². The summed E-state index contributed by atoms with van der Waals surface area (Å²) in [5, 5.41) is 9.00. The van der Waals surface area contributed by atoms with E-state index in [2.05, 4.69) is 6.07 Å². The van der Waals surface area contributed by atoms with Crippen molar-refractivity contribution in [2.75, 3.05) is 0 Å². The Morgan fingerprint density at radius 3 is 2.29 bits per heavy atom. The summed E-state index contributed by atoms with van der Waals surface area (Å²) < 4.78 is 0. The lowest BCUT2D eigenvalue weighted by molar-refractivity contribution is 0.100. The second-order valence-corrected chi connectivity index (χ2v) is 3.60. The van der Waals surface area contributed by atoms with Crippen LogP contribution in [0.15, 0.2) is 48.5 Å². The number of nitrogens with two attached hydrogens (primary N) is 1. The monoisotopic (exact) mass is 222 g/mol. The molecule has 0 heterocycles. The summed E-state index contributed by atoms with van der Waals surface area (Å²) in [7, 11) is 0. The number of hydrogen-bond acceptors (Lipinski definition) is 2. The minimum atomic E-state index is -0.454. The topological polar surface area (TPSA) is 66.9 Å². The van der Waals surface area contributed by atoms with Crippen LogP contribution < -0.4 is 5.73 Å². The summed E-state index contributed by atoms with van der Waals surface area (Å²) in [4.78, 5) is 10.9. The van der Waals surface area contributed by atoms with Crippen molar-refractivity contribution < 1.29 is 4.79 Å². The van der Waals surface area contributed by atoms with Crippen molar-refractivity contribution in [1.82, 2.24) is 0 Å². The zero-order chi connectivity index (χ0) is 12.3. The standard InChI is InChI=1S/C14H10N2O/c15-9-12-3-1-2-4-13(12)10-5-7-11(8-6-10)14(16)17/h1-8H,(H2,16,17). The first-order chi connectivity index (χ1) is 8.22. The molecule has 17 heavy (non-hydrogen) atoms. The van der Waals surface area contributed by atoms with E-state index in [1.807, 2.05) is 18.2 Å². The minimum absolute atomic E-state index is 0.454. The fourth-order valence-electron chi connectivity index (χ4n) is 1.65. The lowest BCUT2D eigenvalue weighted by atomic mass is 9.99. The van der Waals surface area contributed by atoms with Crippen molar-refractivity contribution in [3.63, 3.8) is 0 Å². The predicted octanol–water partition coefficient (Wildman–Crippen LogP) is 2.32. The number of nitrogens with zero attached hydrogens (tertiary/aromatic N) is 1. The second-order valence-electron chi connectivity index (χ2n) is 3.60. The Hall–Kier alpha value is -2.60. The zero-order valence-electron chi connectivity index (χ0n) is 9.05. The summed E-state index contributed by atoms with van der Waals surface area (Å²) in [5.41, 5.74) is 7.99. The van der Waals surface area contributed by atoms with Crippen LogP contribution in [0.2, 0.25) is 0 Å². The van der Waals surface area contributed by atoms with Gasteiger partial charge in [-0.25, -0.2) is 0 Å². The molecule has 0 fully saturated rings. The summed E-state index contributed by atoms with van der Waals surface area (Å²) in [6.45, 7) is 0. The molecule has 2 N–H and O–H groups in total. The molecule has 0 aromatic heterocycles. The van der Waals surface area contributed by atoms with Gasteiger partial charge in [-0.05, 0) is 29.3 Å². The fraction of sp³-hybridized carbons (Fsp3) is 0. The third kappa shape index (κ3) is 2.16. The highest BCUT2D eigenvalue weighted by molar-refractivity contribution is 5.93. The van der Waals surface area contributed by atoms with Crippen LogP contribution in [0.4, 0.5) is 0 Å². The third-order valence-electron chi connectivity index (χ3n) is 2.53. The maximum absolute atomic E-state index is 10.9. The van der Waals surface area contributed by atoms with Crippen LogP contribution in [0.5, 0.6) is 0 Å². The van der Waals surface area contributed by atoms with Crippen molar-refractivity contribution in [1.29, 1.82) is 5.26 Å². The maximum atomic E-state index is 10.9. The van der Waals surface area contributed by atoms with Crippen molar-refractivity contribution in [2.24, 2.45) is 5.73 Å². The smallest absolute Gasteiger partial charge is 0.248 e. The van der Waals surface area contributed by atoms with E-state index in [1.54, 1.807) is 30.3 Å². The molecule has 0 spiro atoms. The molecule has 0 aliphatic carbocycles. The van der Waals surface area contributed by atoms with E-state index < -0.39 is 5.91 Å². The molecule has 82 valence electrons. The minimum Gasteiger partial charge on any atom is -0.366 e. The van der Waals surface area contributed by atoms with Crippen LogP contribution in [0.1, 0.15) is 15.9 Å². The molecule has 1 amide bonds.